The van der Waals surface area contributed by atoms with Gasteiger partial charge in [0.1, 0.15) is 0 Å². The highest BCUT2D eigenvalue weighted by molar-refractivity contribution is 4.74. The fourth-order valence-corrected chi connectivity index (χ4v) is 1.99. The van der Waals surface area contributed by atoms with Gasteiger partial charge in [-0.05, 0) is 19.3 Å². The van der Waals surface area contributed by atoms with Crippen molar-refractivity contribution in [2.24, 2.45) is 5.92 Å². The lowest BCUT2D eigenvalue weighted by Gasteiger charge is -2.30. The maximum atomic E-state index is 9.86. The second kappa shape index (κ2) is 8.12. The highest BCUT2D eigenvalue weighted by atomic mass is 16.5. The fraction of sp³-hybridized carbons (Fsp3) is 1.00. The van der Waals surface area contributed by atoms with E-state index in [1.165, 1.54) is 12.8 Å². The zero-order valence-corrected chi connectivity index (χ0v) is 10.6. The Balaban J connectivity index is 4.05. The Morgan fingerprint density at radius 3 is 1.87 bits per heavy atom. The molecule has 0 saturated carbocycles. The molecule has 0 aliphatic heterocycles. The Labute approximate surface area is 94.7 Å². The molecule has 1 unspecified atom stereocenters. The van der Waals surface area contributed by atoms with E-state index in [2.05, 4.69) is 13.8 Å². The van der Waals surface area contributed by atoms with E-state index in [4.69, 9.17) is 0 Å². The topological polar surface area (TPSA) is 40.5 Å². The second-order valence-corrected chi connectivity index (χ2v) is 4.57. The van der Waals surface area contributed by atoms with Gasteiger partial charge in [-0.15, -0.1) is 0 Å². The number of unbranched alkanes of at least 4 members (excludes halogenated alkanes) is 3. The van der Waals surface area contributed by atoms with Crippen LogP contribution in [0.2, 0.25) is 0 Å². The minimum absolute atomic E-state index is 0.0639. The summed E-state index contributed by atoms with van der Waals surface area (Å²) >= 11 is 0. The molecule has 0 bridgehead atoms. The highest BCUT2D eigenvalue weighted by Gasteiger charge is 2.31. The van der Waals surface area contributed by atoms with Crippen LogP contribution in [-0.2, 0) is 0 Å². The lowest BCUT2D eigenvalue weighted by molar-refractivity contribution is -0.205. The van der Waals surface area contributed by atoms with E-state index in [9.17, 15) is 10.2 Å². The standard InChI is InChI=1S/C13H28O2/c1-4-7-9-11-12(10-8-5-2)13(14,15)6-3/h12,14-15H,4-11H2,1-3H3. The predicted molar refractivity (Wildman–Crippen MR) is 64.6 cm³/mol. The normalized spacial score (nSPS) is 14.2. The molecule has 1 atom stereocenters. The lowest BCUT2D eigenvalue weighted by atomic mass is 9.86. The molecule has 0 spiro atoms. The molecule has 0 aliphatic rings. The van der Waals surface area contributed by atoms with Gasteiger partial charge in [-0.25, -0.2) is 0 Å². The first-order valence-electron chi connectivity index (χ1n) is 6.53. The molecule has 0 radical (unpaired) electrons. The van der Waals surface area contributed by atoms with Crippen LogP contribution in [0.5, 0.6) is 0 Å². The van der Waals surface area contributed by atoms with Gasteiger partial charge in [-0.3, -0.25) is 0 Å². The Bertz CT molecular complexity index is 143. The van der Waals surface area contributed by atoms with Crippen molar-refractivity contribution >= 4 is 0 Å². The van der Waals surface area contributed by atoms with Crippen LogP contribution in [0.1, 0.15) is 72.1 Å². The van der Waals surface area contributed by atoms with Gasteiger partial charge in [0.05, 0.1) is 0 Å². The molecular weight excluding hydrogens is 188 g/mol. The van der Waals surface area contributed by atoms with Crippen LogP contribution in [0, 0.1) is 5.92 Å². The lowest BCUT2D eigenvalue weighted by Crippen LogP contribution is -2.37. The van der Waals surface area contributed by atoms with Crippen molar-refractivity contribution in [1.82, 2.24) is 0 Å². The Kier molecular flexibility index (Phi) is 8.07. The number of rotatable bonds is 9. The van der Waals surface area contributed by atoms with E-state index in [1.807, 2.05) is 6.92 Å². The third kappa shape index (κ3) is 6.16. The average molecular weight is 216 g/mol. The molecule has 2 N–H and O–H groups in total. The molecular formula is C13H28O2. The predicted octanol–water partition coefficient (Wildman–Crippen LogP) is 3.46. The van der Waals surface area contributed by atoms with E-state index in [1.54, 1.807) is 0 Å². The summed E-state index contributed by atoms with van der Waals surface area (Å²) < 4.78 is 0. The minimum Gasteiger partial charge on any atom is -0.365 e. The van der Waals surface area contributed by atoms with Crippen molar-refractivity contribution in [3.05, 3.63) is 0 Å². The van der Waals surface area contributed by atoms with Crippen LogP contribution in [0.15, 0.2) is 0 Å². The molecule has 0 aromatic heterocycles. The van der Waals surface area contributed by atoms with Crippen molar-refractivity contribution < 1.29 is 10.2 Å². The molecule has 0 aromatic rings. The molecule has 2 nitrogen and oxygen atoms in total. The summed E-state index contributed by atoms with van der Waals surface area (Å²) in [6.45, 7) is 6.16. The quantitative estimate of drug-likeness (QED) is 0.458. The minimum atomic E-state index is -1.44. The molecule has 0 aromatic carbocycles. The molecule has 0 rings (SSSR count). The third-order valence-electron chi connectivity index (χ3n) is 3.24. The maximum absolute atomic E-state index is 9.86. The average Bonchev–Trinajstić information content (AvgIpc) is 2.23. The first kappa shape index (κ1) is 14.9. The monoisotopic (exact) mass is 216 g/mol. The second-order valence-electron chi connectivity index (χ2n) is 4.57. The first-order valence-corrected chi connectivity index (χ1v) is 6.53. The molecule has 0 fully saturated rings. The third-order valence-corrected chi connectivity index (χ3v) is 3.24. The van der Waals surface area contributed by atoms with Crippen LogP contribution in [0.4, 0.5) is 0 Å². The van der Waals surface area contributed by atoms with Gasteiger partial charge in [-0.1, -0.05) is 52.9 Å². The van der Waals surface area contributed by atoms with E-state index >= 15 is 0 Å². The van der Waals surface area contributed by atoms with Crippen molar-refractivity contribution in [2.45, 2.75) is 77.9 Å². The summed E-state index contributed by atoms with van der Waals surface area (Å²) in [7, 11) is 0. The molecule has 15 heavy (non-hydrogen) atoms. The zero-order valence-electron chi connectivity index (χ0n) is 10.6. The summed E-state index contributed by atoms with van der Waals surface area (Å²) in [6.07, 6.45) is 8.07. The van der Waals surface area contributed by atoms with Gasteiger partial charge in [0.15, 0.2) is 5.79 Å². The number of aliphatic hydroxyl groups is 2. The van der Waals surface area contributed by atoms with E-state index in [-0.39, 0.29) is 5.92 Å². The number of hydrogen-bond donors (Lipinski definition) is 2. The first-order chi connectivity index (χ1) is 7.08. The Morgan fingerprint density at radius 1 is 0.867 bits per heavy atom. The summed E-state index contributed by atoms with van der Waals surface area (Å²) in [6, 6.07) is 0. The van der Waals surface area contributed by atoms with Crippen LogP contribution < -0.4 is 0 Å². The van der Waals surface area contributed by atoms with E-state index in [0.717, 1.165) is 32.1 Å². The molecule has 0 amide bonds. The van der Waals surface area contributed by atoms with Crippen molar-refractivity contribution in [2.75, 3.05) is 0 Å². The Morgan fingerprint density at radius 2 is 1.40 bits per heavy atom. The SMILES string of the molecule is CCCCCC(CCCC)C(O)(O)CC. The van der Waals surface area contributed by atoms with Crippen molar-refractivity contribution in [1.29, 1.82) is 0 Å². The van der Waals surface area contributed by atoms with Gasteiger partial charge in [0.25, 0.3) is 0 Å². The van der Waals surface area contributed by atoms with Gasteiger partial charge < -0.3 is 10.2 Å². The summed E-state index contributed by atoms with van der Waals surface area (Å²) in [4.78, 5) is 0. The fourth-order valence-electron chi connectivity index (χ4n) is 1.99. The molecule has 2 heteroatoms. The highest BCUT2D eigenvalue weighted by Crippen LogP contribution is 2.28. The zero-order chi connectivity index (χ0) is 11.7. The largest absolute Gasteiger partial charge is 0.365 e. The van der Waals surface area contributed by atoms with Crippen LogP contribution >= 0.6 is 0 Å². The maximum Gasteiger partial charge on any atom is 0.165 e. The van der Waals surface area contributed by atoms with E-state index < -0.39 is 5.79 Å². The molecule has 0 aliphatic carbocycles. The van der Waals surface area contributed by atoms with Crippen molar-refractivity contribution in [3.63, 3.8) is 0 Å². The summed E-state index contributed by atoms with van der Waals surface area (Å²) in [5, 5.41) is 19.7. The van der Waals surface area contributed by atoms with Crippen LogP contribution in [0.3, 0.4) is 0 Å². The Hall–Kier alpha value is -0.0800. The van der Waals surface area contributed by atoms with Gasteiger partial charge in [0.2, 0.25) is 0 Å². The summed E-state index contributed by atoms with van der Waals surface area (Å²) in [5.41, 5.74) is 0. The van der Waals surface area contributed by atoms with Crippen LogP contribution in [-0.4, -0.2) is 16.0 Å². The summed E-state index contributed by atoms with van der Waals surface area (Å²) in [5.74, 6) is -1.38. The number of hydrogen-bond acceptors (Lipinski definition) is 2. The van der Waals surface area contributed by atoms with Gasteiger partial charge in [0, 0.05) is 5.92 Å². The van der Waals surface area contributed by atoms with Crippen molar-refractivity contribution in [3.8, 4) is 0 Å². The molecule has 0 saturated heterocycles. The van der Waals surface area contributed by atoms with Crippen LogP contribution in [0.25, 0.3) is 0 Å². The smallest absolute Gasteiger partial charge is 0.165 e. The molecule has 0 heterocycles. The molecule has 92 valence electrons. The van der Waals surface area contributed by atoms with Gasteiger partial charge in [-0.2, -0.15) is 0 Å². The van der Waals surface area contributed by atoms with E-state index in [0.29, 0.717) is 6.42 Å². The van der Waals surface area contributed by atoms with Gasteiger partial charge >= 0.3 is 0 Å².